The number of ether oxygens (including phenoxy) is 1. The van der Waals surface area contributed by atoms with Crippen molar-refractivity contribution in [3.05, 3.63) is 69.6 Å². The molecule has 1 saturated carbocycles. The van der Waals surface area contributed by atoms with Crippen LogP contribution in [-0.2, 0) is 17.6 Å². The van der Waals surface area contributed by atoms with Gasteiger partial charge in [-0.05, 0) is 83.3 Å². The molecule has 5 nitrogen and oxygen atoms in total. The van der Waals surface area contributed by atoms with Crippen LogP contribution in [0.15, 0.2) is 54.7 Å². The molecule has 3 aromatic rings. The number of hydrogen-bond donors (Lipinski definition) is 1. The number of anilines is 1. The average molecular weight is 555 g/mol. The van der Waals surface area contributed by atoms with Crippen molar-refractivity contribution in [3.63, 3.8) is 0 Å². The van der Waals surface area contributed by atoms with Crippen molar-refractivity contribution in [2.24, 2.45) is 5.92 Å². The highest BCUT2D eigenvalue weighted by molar-refractivity contribution is 14.1. The Kier molecular flexibility index (Phi) is 8.31. The molecule has 6 heteroatoms. The fourth-order valence-electron chi connectivity index (χ4n) is 4.39. The van der Waals surface area contributed by atoms with Gasteiger partial charge in [-0.3, -0.25) is 4.79 Å². The van der Waals surface area contributed by atoms with Crippen LogP contribution >= 0.6 is 22.6 Å². The number of nitrogens with one attached hydrogen (secondary N) is 1. The third-order valence-corrected chi connectivity index (χ3v) is 7.00. The molecular weight excluding hydrogens is 525 g/mol. The van der Waals surface area contributed by atoms with Gasteiger partial charge in [-0.25, -0.2) is 9.97 Å². The highest BCUT2D eigenvalue weighted by Crippen LogP contribution is 2.29. The van der Waals surface area contributed by atoms with Crippen LogP contribution in [-0.4, -0.2) is 23.0 Å². The van der Waals surface area contributed by atoms with Crippen LogP contribution in [0, 0.1) is 9.49 Å². The molecule has 0 bridgehead atoms. The Morgan fingerprint density at radius 2 is 1.79 bits per heavy atom. The van der Waals surface area contributed by atoms with Gasteiger partial charge in [0.15, 0.2) is 5.82 Å². The molecule has 0 aliphatic heterocycles. The van der Waals surface area contributed by atoms with Gasteiger partial charge in [-0.15, -0.1) is 0 Å². The van der Waals surface area contributed by atoms with Gasteiger partial charge in [0.25, 0.3) is 0 Å². The Labute approximate surface area is 209 Å². The van der Waals surface area contributed by atoms with Crippen LogP contribution in [0.2, 0.25) is 0 Å². The van der Waals surface area contributed by atoms with Crippen molar-refractivity contribution in [2.75, 3.05) is 12.4 Å². The number of carbonyl (C=O) groups excluding carboxylic acids is 1. The molecule has 0 atom stereocenters. The number of rotatable bonds is 8. The summed E-state index contributed by atoms with van der Waals surface area (Å²) in [4.78, 5) is 22.3. The zero-order valence-electron chi connectivity index (χ0n) is 19.0. The summed E-state index contributed by atoms with van der Waals surface area (Å²) >= 11 is 2.27. The molecule has 1 N–H and O–H groups in total. The Hall–Kier alpha value is -2.48. The summed E-state index contributed by atoms with van der Waals surface area (Å²) in [7, 11) is 1.66. The maximum absolute atomic E-state index is 12.8. The number of hydrogen-bond acceptors (Lipinski definition) is 4. The highest BCUT2D eigenvalue weighted by Gasteiger charge is 2.17. The van der Waals surface area contributed by atoms with Crippen LogP contribution < -0.4 is 10.1 Å². The standard InChI is InChI=1S/C27H30IN3O2/c1-33-23-14-10-21(11-15-23)25-18-29-27(24(30-25)16-9-19-5-3-2-4-6-19)31-26(32)17-20-7-12-22(28)13-8-20/h7-8,10-15,18-19H,2-6,9,16-17H2,1H3,(H,29,31,32). The zero-order chi connectivity index (χ0) is 23.0. The van der Waals surface area contributed by atoms with E-state index in [9.17, 15) is 4.79 Å². The lowest BCUT2D eigenvalue weighted by Crippen LogP contribution is -2.18. The first-order valence-corrected chi connectivity index (χ1v) is 12.7. The smallest absolute Gasteiger partial charge is 0.229 e. The summed E-state index contributed by atoms with van der Waals surface area (Å²) < 4.78 is 6.42. The number of halogens is 1. The maximum Gasteiger partial charge on any atom is 0.229 e. The lowest BCUT2D eigenvalue weighted by Gasteiger charge is -2.21. The number of aromatic nitrogens is 2. The molecule has 1 aliphatic rings. The van der Waals surface area contributed by atoms with Crippen molar-refractivity contribution < 1.29 is 9.53 Å². The fourth-order valence-corrected chi connectivity index (χ4v) is 4.75. The van der Waals surface area contributed by atoms with E-state index in [1.54, 1.807) is 13.3 Å². The van der Waals surface area contributed by atoms with Gasteiger partial charge in [0.2, 0.25) is 5.91 Å². The SMILES string of the molecule is COc1ccc(-c2cnc(NC(=O)Cc3ccc(I)cc3)c(CCC3CCCCC3)n2)cc1. The summed E-state index contributed by atoms with van der Waals surface area (Å²) in [5.41, 5.74) is 3.65. The van der Waals surface area contributed by atoms with Gasteiger partial charge in [-0.2, -0.15) is 0 Å². The maximum atomic E-state index is 12.8. The predicted molar refractivity (Wildman–Crippen MR) is 140 cm³/mol. The minimum atomic E-state index is -0.0679. The molecule has 33 heavy (non-hydrogen) atoms. The van der Waals surface area contributed by atoms with Gasteiger partial charge < -0.3 is 10.1 Å². The Bertz CT molecular complexity index is 1060. The lowest BCUT2D eigenvalue weighted by molar-refractivity contribution is -0.115. The largest absolute Gasteiger partial charge is 0.497 e. The second-order valence-electron chi connectivity index (χ2n) is 8.67. The molecule has 0 radical (unpaired) electrons. The molecule has 4 rings (SSSR count). The number of amides is 1. The minimum absolute atomic E-state index is 0.0679. The van der Waals surface area contributed by atoms with E-state index in [2.05, 4.69) is 32.9 Å². The second kappa shape index (κ2) is 11.6. The summed E-state index contributed by atoms with van der Waals surface area (Å²) in [5, 5.41) is 3.02. The Morgan fingerprint density at radius 3 is 2.48 bits per heavy atom. The first-order valence-electron chi connectivity index (χ1n) is 11.7. The molecule has 172 valence electrons. The molecule has 1 aliphatic carbocycles. The number of benzene rings is 2. The van der Waals surface area contributed by atoms with E-state index < -0.39 is 0 Å². The molecule has 1 fully saturated rings. The number of carbonyl (C=O) groups is 1. The third kappa shape index (κ3) is 6.76. The molecule has 1 aromatic heterocycles. The van der Waals surface area contributed by atoms with Crippen molar-refractivity contribution in [3.8, 4) is 17.0 Å². The van der Waals surface area contributed by atoms with E-state index in [4.69, 9.17) is 9.72 Å². The number of nitrogens with zero attached hydrogens (tertiary/aromatic N) is 2. The monoisotopic (exact) mass is 555 g/mol. The highest BCUT2D eigenvalue weighted by atomic mass is 127. The Balaban J connectivity index is 1.52. The number of aryl methyl sites for hydroxylation is 1. The average Bonchev–Trinajstić information content (AvgIpc) is 2.85. The van der Waals surface area contributed by atoms with Gasteiger partial charge in [0, 0.05) is 9.13 Å². The third-order valence-electron chi connectivity index (χ3n) is 6.28. The second-order valence-corrected chi connectivity index (χ2v) is 9.92. The van der Waals surface area contributed by atoms with Crippen molar-refractivity contribution >= 4 is 34.3 Å². The van der Waals surface area contributed by atoms with Gasteiger partial charge in [0.05, 0.1) is 31.1 Å². The van der Waals surface area contributed by atoms with E-state index in [1.807, 2.05) is 48.5 Å². The van der Waals surface area contributed by atoms with Gasteiger partial charge in [-0.1, -0.05) is 44.2 Å². The fraction of sp³-hybridized carbons (Fsp3) is 0.370. The van der Waals surface area contributed by atoms with Crippen LogP contribution in [0.1, 0.15) is 49.8 Å². The van der Waals surface area contributed by atoms with E-state index in [0.717, 1.165) is 50.6 Å². The van der Waals surface area contributed by atoms with E-state index in [-0.39, 0.29) is 5.91 Å². The predicted octanol–water partition coefficient (Wildman–Crippen LogP) is 6.45. The van der Waals surface area contributed by atoms with Crippen molar-refractivity contribution in [2.45, 2.75) is 51.4 Å². The van der Waals surface area contributed by atoms with Crippen LogP contribution in [0.3, 0.4) is 0 Å². The van der Waals surface area contributed by atoms with E-state index in [1.165, 1.54) is 32.1 Å². The Morgan fingerprint density at radius 1 is 1.06 bits per heavy atom. The molecule has 2 aromatic carbocycles. The van der Waals surface area contributed by atoms with E-state index >= 15 is 0 Å². The van der Waals surface area contributed by atoms with Crippen LogP contribution in [0.4, 0.5) is 5.82 Å². The van der Waals surface area contributed by atoms with Gasteiger partial charge >= 0.3 is 0 Å². The molecule has 0 unspecified atom stereocenters. The van der Waals surface area contributed by atoms with Gasteiger partial charge in [0.1, 0.15) is 5.75 Å². The number of methoxy groups -OCH3 is 1. The van der Waals surface area contributed by atoms with E-state index in [0.29, 0.717) is 12.2 Å². The summed E-state index contributed by atoms with van der Waals surface area (Å²) in [6.45, 7) is 0. The van der Waals surface area contributed by atoms with Crippen molar-refractivity contribution in [1.82, 2.24) is 9.97 Å². The van der Waals surface area contributed by atoms with Crippen LogP contribution in [0.5, 0.6) is 5.75 Å². The molecular formula is C27H30IN3O2. The summed E-state index contributed by atoms with van der Waals surface area (Å²) in [5.74, 6) is 2.06. The summed E-state index contributed by atoms with van der Waals surface area (Å²) in [6, 6.07) is 15.8. The normalized spacial score (nSPS) is 14.1. The minimum Gasteiger partial charge on any atom is -0.497 e. The lowest BCUT2D eigenvalue weighted by atomic mass is 9.86. The molecule has 0 spiro atoms. The quantitative estimate of drug-likeness (QED) is 0.325. The first kappa shape index (κ1) is 23.7. The van der Waals surface area contributed by atoms with Crippen molar-refractivity contribution in [1.29, 1.82) is 0 Å². The van der Waals surface area contributed by atoms with Crippen LogP contribution in [0.25, 0.3) is 11.3 Å². The zero-order valence-corrected chi connectivity index (χ0v) is 21.2. The molecule has 1 amide bonds. The topological polar surface area (TPSA) is 64.1 Å². The molecule has 1 heterocycles. The molecule has 0 saturated heterocycles. The first-order chi connectivity index (χ1) is 16.1. The summed E-state index contributed by atoms with van der Waals surface area (Å²) in [6.07, 6.45) is 10.5.